The molecule has 39 heavy (non-hydrogen) atoms. The van der Waals surface area contributed by atoms with Crippen LogP contribution in [-0.2, 0) is 32.3 Å². The van der Waals surface area contributed by atoms with Crippen molar-refractivity contribution in [1.29, 1.82) is 0 Å². The summed E-state index contributed by atoms with van der Waals surface area (Å²) in [5.41, 5.74) is 0.962. The minimum atomic E-state index is -4.73. The van der Waals surface area contributed by atoms with E-state index in [-0.39, 0.29) is 17.1 Å². The number of nitrogens with one attached hydrogen (secondary N) is 1. The Morgan fingerprint density at radius 1 is 0.949 bits per heavy atom. The molecule has 0 heterocycles. The van der Waals surface area contributed by atoms with Gasteiger partial charge in [0.15, 0.2) is 0 Å². The summed E-state index contributed by atoms with van der Waals surface area (Å²) in [4.78, 5) is 27.3. The second-order valence-electron chi connectivity index (χ2n) is 9.11. The first kappa shape index (κ1) is 29.7. The lowest BCUT2D eigenvalue weighted by molar-refractivity contribution is -0.139. The van der Waals surface area contributed by atoms with Crippen molar-refractivity contribution >= 4 is 27.5 Å². The highest BCUT2D eigenvalue weighted by atomic mass is 32.2. The highest BCUT2D eigenvalue weighted by Gasteiger charge is 2.35. The smallest absolute Gasteiger partial charge is 0.357 e. The van der Waals surface area contributed by atoms with Gasteiger partial charge in [0.1, 0.15) is 12.6 Å². The summed E-state index contributed by atoms with van der Waals surface area (Å²) in [5.74, 6) is -1.24. The van der Waals surface area contributed by atoms with Crippen LogP contribution in [0.4, 0.5) is 18.9 Å². The molecule has 2 amide bonds. The van der Waals surface area contributed by atoms with Gasteiger partial charge in [-0.25, -0.2) is 8.42 Å². The van der Waals surface area contributed by atoms with Gasteiger partial charge in [0.25, 0.3) is 10.0 Å². The van der Waals surface area contributed by atoms with Crippen LogP contribution in [-0.4, -0.2) is 44.8 Å². The molecule has 0 radical (unpaired) electrons. The molecule has 0 saturated carbocycles. The Hall–Kier alpha value is -3.86. The van der Waals surface area contributed by atoms with Crippen LogP contribution in [0, 0.1) is 13.8 Å². The third-order valence-corrected chi connectivity index (χ3v) is 8.15. The van der Waals surface area contributed by atoms with E-state index in [1.165, 1.54) is 37.1 Å². The third-order valence-electron chi connectivity index (χ3n) is 6.36. The van der Waals surface area contributed by atoms with E-state index in [4.69, 9.17) is 0 Å². The summed E-state index contributed by atoms with van der Waals surface area (Å²) in [6.07, 6.45) is -4.73. The fourth-order valence-electron chi connectivity index (χ4n) is 3.97. The lowest BCUT2D eigenvalue weighted by Gasteiger charge is -2.32. The third kappa shape index (κ3) is 6.97. The van der Waals surface area contributed by atoms with Crippen molar-refractivity contribution in [3.8, 4) is 0 Å². The van der Waals surface area contributed by atoms with Crippen LogP contribution in [0.2, 0.25) is 0 Å². The summed E-state index contributed by atoms with van der Waals surface area (Å²) in [6.45, 7) is 4.25. The molecule has 0 aliphatic rings. The number of hydrogen-bond acceptors (Lipinski definition) is 4. The number of alkyl halides is 3. The van der Waals surface area contributed by atoms with Crippen molar-refractivity contribution in [2.24, 2.45) is 0 Å². The fourth-order valence-corrected chi connectivity index (χ4v) is 5.37. The summed E-state index contributed by atoms with van der Waals surface area (Å²) in [6, 6.07) is 15.7. The number of sulfonamides is 1. The van der Waals surface area contributed by atoms with Crippen molar-refractivity contribution in [3.63, 3.8) is 0 Å². The summed E-state index contributed by atoms with van der Waals surface area (Å²) >= 11 is 0. The lowest BCUT2D eigenvalue weighted by Crippen LogP contribution is -2.50. The second kappa shape index (κ2) is 11.9. The standard InChI is InChI=1S/C28H30F3N3O4S/c1-19-12-14-25(15-13-19)39(37,38)34(24-11-7-10-23(16-24)28(29,30)31)18-26(35)33(21(3)27(36)32-4)17-22-9-6-5-8-20(22)2/h5-16,21H,17-18H2,1-4H3,(H,32,36). The van der Waals surface area contributed by atoms with Gasteiger partial charge in [-0.3, -0.25) is 13.9 Å². The number of carbonyl (C=O) groups excluding carboxylic acids is 2. The average Bonchev–Trinajstić information content (AvgIpc) is 2.90. The van der Waals surface area contributed by atoms with Crippen molar-refractivity contribution in [2.45, 2.75) is 44.4 Å². The first-order valence-corrected chi connectivity index (χ1v) is 13.5. The minimum Gasteiger partial charge on any atom is -0.357 e. The number of rotatable bonds is 9. The Balaban J connectivity index is 2.11. The van der Waals surface area contributed by atoms with E-state index in [9.17, 15) is 31.2 Å². The highest BCUT2D eigenvalue weighted by Crippen LogP contribution is 2.33. The molecule has 3 aromatic carbocycles. The minimum absolute atomic E-state index is 0.0128. The van der Waals surface area contributed by atoms with E-state index < -0.39 is 46.2 Å². The molecular weight excluding hydrogens is 531 g/mol. The maximum atomic E-state index is 13.7. The van der Waals surface area contributed by atoms with Gasteiger partial charge < -0.3 is 10.2 Å². The largest absolute Gasteiger partial charge is 0.416 e. The van der Waals surface area contributed by atoms with Crippen LogP contribution in [0.5, 0.6) is 0 Å². The Morgan fingerprint density at radius 2 is 1.59 bits per heavy atom. The van der Waals surface area contributed by atoms with Gasteiger partial charge in [0, 0.05) is 13.6 Å². The molecule has 1 atom stereocenters. The molecule has 7 nitrogen and oxygen atoms in total. The summed E-state index contributed by atoms with van der Waals surface area (Å²) < 4.78 is 68.6. The lowest BCUT2D eigenvalue weighted by atomic mass is 10.1. The molecule has 3 aromatic rings. The fraction of sp³-hybridized carbons (Fsp3) is 0.286. The van der Waals surface area contributed by atoms with Gasteiger partial charge >= 0.3 is 6.18 Å². The Morgan fingerprint density at radius 3 is 2.18 bits per heavy atom. The molecule has 0 saturated heterocycles. The first-order valence-electron chi connectivity index (χ1n) is 12.1. The van der Waals surface area contributed by atoms with Gasteiger partial charge in [-0.15, -0.1) is 0 Å². The highest BCUT2D eigenvalue weighted by molar-refractivity contribution is 7.92. The van der Waals surface area contributed by atoms with E-state index in [0.29, 0.717) is 10.4 Å². The van der Waals surface area contributed by atoms with Crippen LogP contribution in [0.25, 0.3) is 0 Å². The number of nitrogens with zero attached hydrogens (tertiary/aromatic N) is 2. The molecule has 208 valence electrons. The SMILES string of the molecule is CNC(=O)C(C)N(Cc1ccccc1C)C(=O)CN(c1cccc(C(F)(F)F)c1)S(=O)(=O)c1ccc(C)cc1. The van der Waals surface area contributed by atoms with Crippen molar-refractivity contribution in [3.05, 3.63) is 95.1 Å². The molecule has 0 fully saturated rings. The van der Waals surface area contributed by atoms with Crippen LogP contribution in [0.3, 0.4) is 0 Å². The van der Waals surface area contributed by atoms with Crippen LogP contribution in [0.15, 0.2) is 77.7 Å². The number of hydrogen-bond donors (Lipinski definition) is 1. The molecule has 0 aromatic heterocycles. The molecule has 3 rings (SSSR count). The number of halogens is 3. The van der Waals surface area contributed by atoms with Crippen molar-refractivity contribution in [2.75, 3.05) is 17.9 Å². The number of anilines is 1. The summed E-state index contributed by atoms with van der Waals surface area (Å²) in [7, 11) is -3.07. The van der Waals surface area contributed by atoms with E-state index in [2.05, 4.69) is 5.32 Å². The topological polar surface area (TPSA) is 86.8 Å². The van der Waals surface area contributed by atoms with Crippen molar-refractivity contribution in [1.82, 2.24) is 10.2 Å². The van der Waals surface area contributed by atoms with E-state index >= 15 is 0 Å². The predicted molar refractivity (Wildman–Crippen MR) is 142 cm³/mol. The maximum Gasteiger partial charge on any atom is 0.416 e. The first-order chi connectivity index (χ1) is 18.3. The zero-order valence-corrected chi connectivity index (χ0v) is 22.8. The zero-order chi connectivity index (χ0) is 29.0. The molecule has 1 unspecified atom stereocenters. The average molecular weight is 562 g/mol. The number of aryl methyl sites for hydroxylation is 2. The van der Waals surface area contributed by atoms with Crippen LogP contribution >= 0.6 is 0 Å². The number of benzene rings is 3. The molecular formula is C28H30F3N3O4S. The number of amides is 2. The predicted octanol–water partition coefficient (Wildman–Crippen LogP) is 4.68. The van der Waals surface area contributed by atoms with Gasteiger partial charge in [-0.2, -0.15) is 13.2 Å². The van der Waals surface area contributed by atoms with Crippen molar-refractivity contribution < 1.29 is 31.2 Å². The normalized spacial score (nSPS) is 12.5. The number of carbonyl (C=O) groups is 2. The maximum absolute atomic E-state index is 13.7. The zero-order valence-electron chi connectivity index (χ0n) is 22.0. The Kier molecular flexibility index (Phi) is 9.06. The van der Waals surface area contributed by atoms with E-state index in [1.54, 1.807) is 31.2 Å². The molecule has 0 spiro atoms. The molecule has 11 heteroatoms. The Bertz CT molecular complexity index is 1440. The van der Waals surface area contributed by atoms with E-state index in [1.807, 2.05) is 19.1 Å². The van der Waals surface area contributed by atoms with Crippen LogP contribution in [0.1, 0.15) is 29.2 Å². The quantitative estimate of drug-likeness (QED) is 0.411. The molecule has 0 bridgehead atoms. The van der Waals surface area contributed by atoms with Crippen LogP contribution < -0.4 is 9.62 Å². The monoisotopic (exact) mass is 561 g/mol. The molecule has 1 N–H and O–H groups in total. The van der Waals surface area contributed by atoms with Gasteiger partial charge in [0.05, 0.1) is 16.1 Å². The van der Waals surface area contributed by atoms with Gasteiger partial charge in [-0.05, 0) is 62.2 Å². The van der Waals surface area contributed by atoms with Gasteiger partial charge in [0.2, 0.25) is 11.8 Å². The van der Waals surface area contributed by atoms with Gasteiger partial charge in [-0.1, -0.05) is 48.0 Å². The Labute approximate surface area is 226 Å². The number of likely N-dealkylation sites (N-methyl/N-ethyl adjacent to an activating group) is 1. The van der Waals surface area contributed by atoms with E-state index in [0.717, 1.165) is 28.8 Å². The molecule has 0 aliphatic carbocycles. The molecule has 0 aliphatic heterocycles. The summed E-state index contributed by atoms with van der Waals surface area (Å²) in [5, 5.41) is 2.48. The second-order valence-corrected chi connectivity index (χ2v) is 11.0.